The van der Waals surface area contributed by atoms with Crippen molar-refractivity contribution < 1.29 is 0 Å². The predicted octanol–water partition coefficient (Wildman–Crippen LogP) is 0.606. The van der Waals surface area contributed by atoms with Crippen LogP contribution in [0.1, 0.15) is 12.6 Å². The summed E-state index contributed by atoms with van der Waals surface area (Å²) in [6.45, 7) is 6.57. The van der Waals surface area contributed by atoms with Crippen molar-refractivity contribution in [2.75, 3.05) is 25.0 Å². The molecule has 0 aromatic carbocycles. The van der Waals surface area contributed by atoms with Gasteiger partial charge >= 0.3 is 0 Å². The summed E-state index contributed by atoms with van der Waals surface area (Å²) in [6.07, 6.45) is 2.06. The Kier molecular flexibility index (Phi) is 3.31. The molecular weight excluding hydrogens is 164 g/mol. The Morgan fingerprint density at radius 3 is 2.85 bits per heavy atom. The molecule has 0 spiro atoms. The summed E-state index contributed by atoms with van der Waals surface area (Å²) in [5.41, 5.74) is 6.54. The maximum Gasteiger partial charge on any atom is 0.205 e. The molecule has 0 atom stereocenters. The lowest BCUT2D eigenvalue weighted by Gasteiger charge is -2.17. The normalized spacial score (nSPS) is 10.5. The van der Waals surface area contributed by atoms with Crippen molar-refractivity contribution in [1.29, 1.82) is 0 Å². The predicted molar refractivity (Wildman–Crippen MR) is 55.0 cm³/mol. The number of rotatable bonds is 4. The molecule has 0 bridgehead atoms. The van der Waals surface area contributed by atoms with E-state index in [4.69, 9.17) is 5.73 Å². The summed E-state index contributed by atoms with van der Waals surface area (Å²) >= 11 is 0. The van der Waals surface area contributed by atoms with Crippen LogP contribution in [0.15, 0.2) is 6.20 Å². The number of nitrogens with two attached hydrogens (primary N) is 1. The molecule has 74 valence electrons. The smallest absolute Gasteiger partial charge is 0.205 e. The maximum absolute atomic E-state index is 5.49. The molecule has 0 aliphatic rings. The molecule has 0 aliphatic carbocycles. The minimum atomic E-state index is 0.659. The van der Waals surface area contributed by atoms with Crippen molar-refractivity contribution in [3.05, 3.63) is 11.9 Å². The lowest BCUT2D eigenvalue weighted by molar-refractivity contribution is 0.724. The van der Waals surface area contributed by atoms with Gasteiger partial charge in [0, 0.05) is 32.9 Å². The molecule has 0 aliphatic heterocycles. The summed E-state index contributed by atoms with van der Waals surface area (Å²) in [4.78, 5) is 6.51. The average molecular weight is 182 g/mol. The molecule has 1 aromatic rings. The standard InChI is InChI=1S/C9H18N4/c1-4-13-7-8(2)11-9(13)12(3)6-5-10/h7H,4-6,10H2,1-3H3. The van der Waals surface area contributed by atoms with E-state index in [0.29, 0.717) is 6.54 Å². The number of aromatic nitrogens is 2. The second kappa shape index (κ2) is 4.28. The molecule has 4 heteroatoms. The summed E-state index contributed by atoms with van der Waals surface area (Å²) in [7, 11) is 2.01. The van der Waals surface area contributed by atoms with E-state index in [-0.39, 0.29) is 0 Å². The first-order valence-electron chi connectivity index (χ1n) is 4.64. The second-order valence-corrected chi connectivity index (χ2v) is 3.18. The molecule has 1 rings (SSSR count). The zero-order valence-electron chi connectivity index (χ0n) is 8.62. The Hall–Kier alpha value is -1.03. The fourth-order valence-corrected chi connectivity index (χ4v) is 1.37. The van der Waals surface area contributed by atoms with Crippen LogP contribution in [0, 0.1) is 6.92 Å². The first kappa shape index (κ1) is 10.1. The first-order chi connectivity index (χ1) is 6.19. The number of nitrogens with zero attached hydrogens (tertiary/aromatic N) is 3. The van der Waals surface area contributed by atoms with Gasteiger partial charge in [0.1, 0.15) is 0 Å². The molecule has 2 N–H and O–H groups in total. The molecule has 0 saturated carbocycles. The largest absolute Gasteiger partial charge is 0.344 e. The third-order valence-electron chi connectivity index (χ3n) is 2.02. The number of aryl methyl sites for hydroxylation is 2. The molecule has 0 amide bonds. The van der Waals surface area contributed by atoms with Crippen LogP contribution in [-0.4, -0.2) is 29.7 Å². The third kappa shape index (κ3) is 2.21. The van der Waals surface area contributed by atoms with Gasteiger partial charge in [0.05, 0.1) is 5.69 Å². The van der Waals surface area contributed by atoms with Gasteiger partial charge in [0.2, 0.25) is 5.95 Å². The number of imidazole rings is 1. The van der Waals surface area contributed by atoms with Crippen LogP contribution in [-0.2, 0) is 6.54 Å². The van der Waals surface area contributed by atoms with E-state index >= 15 is 0 Å². The summed E-state index contributed by atoms with van der Waals surface area (Å²) < 4.78 is 2.13. The first-order valence-corrected chi connectivity index (χ1v) is 4.64. The minimum absolute atomic E-state index is 0.659. The van der Waals surface area contributed by atoms with Crippen molar-refractivity contribution in [2.45, 2.75) is 20.4 Å². The van der Waals surface area contributed by atoms with E-state index in [1.807, 2.05) is 14.0 Å². The number of hydrogen-bond donors (Lipinski definition) is 1. The molecule has 13 heavy (non-hydrogen) atoms. The zero-order chi connectivity index (χ0) is 9.84. The fourth-order valence-electron chi connectivity index (χ4n) is 1.37. The van der Waals surface area contributed by atoms with Crippen LogP contribution in [0.5, 0.6) is 0 Å². The lowest BCUT2D eigenvalue weighted by Crippen LogP contribution is -2.27. The van der Waals surface area contributed by atoms with Crippen molar-refractivity contribution >= 4 is 5.95 Å². The quantitative estimate of drug-likeness (QED) is 0.742. The van der Waals surface area contributed by atoms with Crippen molar-refractivity contribution in [3.63, 3.8) is 0 Å². The Balaban J connectivity index is 2.84. The molecule has 1 heterocycles. The highest BCUT2D eigenvalue weighted by Crippen LogP contribution is 2.11. The molecule has 0 fully saturated rings. The Morgan fingerprint density at radius 2 is 2.31 bits per heavy atom. The van der Waals surface area contributed by atoms with Crippen LogP contribution < -0.4 is 10.6 Å². The Morgan fingerprint density at radius 1 is 1.62 bits per heavy atom. The molecule has 0 radical (unpaired) electrons. The lowest BCUT2D eigenvalue weighted by atomic mass is 10.5. The highest BCUT2D eigenvalue weighted by atomic mass is 15.3. The van der Waals surface area contributed by atoms with Gasteiger partial charge in [0.15, 0.2) is 0 Å². The van der Waals surface area contributed by atoms with E-state index in [1.165, 1.54) is 0 Å². The number of likely N-dealkylation sites (N-methyl/N-ethyl adjacent to an activating group) is 1. The summed E-state index contributed by atoms with van der Waals surface area (Å²) in [5.74, 6) is 1.01. The van der Waals surface area contributed by atoms with Gasteiger partial charge in [0.25, 0.3) is 0 Å². The Bertz CT molecular complexity index is 267. The van der Waals surface area contributed by atoms with Crippen LogP contribution in [0.4, 0.5) is 5.95 Å². The molecule has 0 unspecified atom stereocenters. The van der Waals surface area contributed by atoms with Crippen molar-refractivity contribution in [3.8, 4) is 0 Å². The average Bonchev–Trinajstić information content (AvgIpc) is 2.47. The highest BCUT2D eigenvalue weighted by Gasteiger charge is 2.07. The molecule has 4 nitrogen and oxygen atoms in total. The zero-order valence-corrected chi connectivity index (χ0v) is 8.62. The molecule has 0 saturated heterocycles. The van der Waals surface area contributed by atoms with E-state index < -0.39 is 0 Å². The van der Waals surface area contributed by atoms with Crippen LogP contribution in [0.3, 0.4) is 0 Å². The van der Waals surface area contributed by atoms with Crippen LogP contribution in [0.2, 0.25) is 0 Å². The van der Waals surface area contributed by atoms with Gasteiger partial charge in [-0.05, 0) is 13.8 Å². The van der Waals surface area contributed by atoms with Crippen LogP contribution >= 0.6 is 0 Å². The van der Waals surface area contributed by atoms with E-state index in [9.17, 15) is 0 Å². The van der Waals surface area contributed by atoms with Gasteiger partial charge in [-0.25, -0.2) is 4.98 Å². The summed E-state index contributed by atoms with van der Waals surface area (Å²) in [6, 6.07) is 0. The van der Waals surface area contributed by atoms with E-state index in [1.54, 1.807) is 0 Å². The van der Waals surface area contributed by atoms with E-state index in [0.717, 1.165) is 24.7 Å². The number of hydrogen-bond acceptors (Lipinski definition) is 3. The Labute approximate surface area is 79.4 Å². The van der Waals surface area contributed by atoms with Gasteiger partial charge in [-0.15, -0.1) is 0 Å². The second-order valence-electron chi connectivity index (χ2n) is 3.18. The summed E-state index contributed by atoms with van der Waals surface area (Å²) in [5, 5.41) is 0. The van der Waals surface area contributed by atoms with Gasteiger partial charge in [-0.3, -0.25) is 0 Å². The van der Waals surface area contributed by atoms with Crippen LogP contribution in [0.25, 0.3) is 0 Å². The van der Waals surface area contributed by atoms with Gasteiger partial charge in [-0.2, -0.15) is 0 Å². The van der Waals surface area contributed by atoms with Crippen molar-refractivity contribution in [1.82, 2.24) is 9.55 Å². The fraction of sp³-hybridized carbons (Fsp3) is 0.667. The van der Waals surface area contributed by atoms with Gasteiger partial charge < -0.3 is 15.2 Å². The molecule has 1 aromatic heterocycles. The minimum Gasteiger partial charge on any atom is -0.344 e. The SMILES string of the molecule is CCn1cc(C)nc1N(C)CCN. The highest BCUT2D eigenvalue weighted by molar-refractivity contribution is 5.31. The van der Waals surface area contributed by atoms with E-state index in [2.05, 4.69) is 27.6 Å². The maximum atomic E-state index is 5.49. The number of anilines is 1. The third-order valence-corrected chi connectivity index (χ3v) is 2.02. The van der Waals surface area contributed by atoms with Gasteiger partial charge in [-0.1, -0.05) is 0 Å². The monoisotopic (exact) mass is 182 g/mol. The molecular formula is C9H18N4. The van der Waals surface area contributed by atoms with Crippen molar-refractivity contribution in [2.24, 2.45) is 5.73 Å². The topological polar surface area (TPSA) is 47.1 Å².